The summed E-state index contributed by atoms with van der Waals surface area (Å²) in [6, 6.07) is 5.17. The molecule has 1 aromatic heterocycles. The van der Waals surface area contributed by atoms with Gasteiger partial charge in [-0.05, 0) is 31.0 Å². The van der Waals surface area contributed by atoms with E-state index >= 15 is 0 Å². The number of hydrogen-bond acceptors (Lipinski definition) is 7. The molecule has 1 amide bonds. The third-order valence-electron chi connectivity index (χ3n) is 5.43. The van der Waals surface area contributed by atoms with E-state index in [9.17, 15) is 9.59 Å². The van der Waals surface area contributed by atoms with Crippen molar-refractivity contribution < 1.29 is 23.8 Å². The summed E-state index contributed by atoms with van der Waals surface area (Å²) in [6.07, 6.45) is 1.06. The average Bonchev–Trinajstić information content (AvgIpc) is 3.19. The fourth-order valence-electron chi connectivity index (χ4n) is 3.68. The molecule has 0 bridgehead atoms. The highest BCUT2D eigenvalue weighted by Gasteiger charge is 2.32. The molecule has 0 spiro atoms. The molecule has 2 atom stereocenters. The number of anilines is 1. The molecule has 168 valence electrons. The Morgan fingerprint density at radius 3 is 2.71 bits per heavy atom. The molecule has 0 unspecified atom stereocenters. The molecule has 2 aromatic rings. The summed E-state index contributed by atoms with van der Waals surface area (Å²) >= 11 is 6.05. The van der Waals surface area contributed by atoms with E-state index in [1.54, 1.807) is 19.2 Å². The van der Waals surface area contributed by atoms with Crippen molar-refractivity contribution in [1.82, 2.24) is 15.3 Å². The number of nitrogens with one attached hydrogen (secondary N) is 2. The zero-order valence-corrected chi connectivity index (χ0v) is 18.8. The van der Waals surface area contributed by atoms with Gasteiger partial charge < -0.3 is 29.4 Å². The summed E-state index contributed by atoms with van der Waals surface area (Å²) in [5.41, 5.74) is 1.93. The molecule has 3 rings (SSSR count). The molecule has 10 heteroatoms. The van der Waals surface area contributed by atoms with Crippen molar-refractivity contribution in [3.05, 3.63) is 40.4 Å². The molecule has 1 aliphatic heterocycles. The number of imidazole rings is 1. The van der Waals surface area contributed by atoms with E-state index in [-0.39, 0.29) is 23.9 Å². The van der Waals surface area contributed by atoms with Crippen LogP contribution in [0.5, 0.6) is 5.75 Å². The van der Waals surface area contributed by atoms with Crippen molar-refractivity contribution in [3.8, 4) is 5.75 Å². The van der Waals surface area contributed by atoms with Crippen LogP contribution in [0.2, 0.25) is 5.15 Å². The molecule has 31 heavy (non-hydrogen) atoms. The van der Waals surface area contributed by atoms with Gasteiger partial charge in [0.25, 0.3) is 5.91 Å². The van der Waals surface area contributed by atoms with Crippen LogP contribution in [-0.4, -0.2) is 68.4 Å². The minimum Gasteiger partial charge on any atom is -0.496 e. The highest BCUT2D eigenvalue weighted by Crippen LogP contribution is 2.28. The third kappa shape index (κ3) is 4.94. The standard InChI is InChI=1S/C21H27ClN4O5/c1-5-14-18(22)25-19(23-14)20(27)24-15-8-9-26(11-17(15)30-3)12-6-7-16(29-2)13(10-12)21(28)31-4/h6-7,10,15,17H,5,8-9,11H2,1-4H3,(H,23,25)(H,24,27)/t15-,17+/m0/s1. The quantitative estimate of drug-likeness (QED) is 0.624. The molecule has 2 heterocycles. The molecule has 1 fully saturated rings. The Hall–Kier alpha value is -2.78. The highest BCUT2D eigenvalue weighted by molar-refractivity contribution is 6.30. The fourth-order valence-corrected chi connectivity index (χ4v) is 3.95. The number of piperidine rings is 1. The largest absolute Gasteiger partial charge is 0.496 e. The smallest absolute Gasteiger partial charge is 0.341 e. The summed E-state index contributed by atoms with van der Waals surface area (Å²) < 4.78 is 15.8. The normalized spacial score (nSPS) is 18.5. The minimum atomic E-state index is -0.465. The third-order valence-corrected chi connectivity index (χ3v) is 5.74. The van der Waals surface area contributed by atoms with Crippen LogP contribution in [0.25, 0.3) is 0 Å². The number of carbonyl (C=O) groups is 2. The number of hydrogen-bond donors (Lipinski definition) is 2. The predicted octanol–water partition coefficient (Wildman–Crippen LogP) is 2.44. The van der Waals surface area contributed by atoms with Crippen LogP contribution >= 0.6 is 11.6 Å². The van der Waals surface area contributed by atoms with Gasteiger partial charge in [-0.2, -0.15) is 0 Å². The van der Waals surface area contributed by atoms with Crippen LogP contribution in [0.3, 0.4) is 0 Å². The lowest BCUT2D eigenvalue weighted by Gasteiger charge is -2.39. The number of aromatic amines is 1. The average molecular weight is 451 g/mol. The van der Waals surface area contributed by atoms with Crippen LogP contribution in [0.15, 0.2) is 18.2 Å². The zero-order valence-electron chi connectivity index (χ0n) is 18.0. The number of halogens is 1. The van der Waals surface area contributed by atoms with E-state index in [1.165, 1.54) is 14.2 Å². The number of esters is 1. The number of benzene rings is 1. The molecule has 9 nitrogen and oxygen atoms in total. The molecule has 0 radical (unpaired) electrons. The Kier molecular flexibility index (Phi) is 7.40. The summed E-state index contributed by atoms with van der Waals surface area (Å²) in [6.45, 7) is 3.13. The molecule has 0 saturated carbocycles. The fraction of sp³-hybridized carbons (Fsp3) is 0.476. The van der Waals surface area contributed by atoms with E-state index in [4.69, 9.17) is 25.8 Å². The highest BCUT2D eigenvalue weighted by atomic mass is 35.5. The van der Waals surface area contributed by atoms with Gasteiger partial charge in [0.05, 0.1) is 32.1 Å². The number of rotatable bonds is 7. The lowest BCUT2D eigenvalue weighted by molar-refractivity contribution is 0.0537. The van der Waals surface area contributed by atoms with E-state index in [0.29, 0.717) is 42.4 Å². The second-order valence-electron chi connectivity index (χ2n) is 7.17. The molecular formula is C21H27ClN4O5. The maximum Gasteiger partial charge on any atom is 0.341 e. The van der Waals surface area contributed by atoms with Gasteiger partial charge >= 0.3 is 5.97 Å². The Morgan fingerprint density at radius 1 is 1.32 bits per heavy atom. The molecule has 0 aliphatic carbocycles. The second-order valence-corrected chi connectivity index (χ2v) is 7.53. The number of aromatic nitrogens is 2. The van der Waals surface area contributed by atoms with Gasteiger partial charge in [-0.25, -0.2) is 9.78 Å². The van der Waals surface area contributed by atoms with Crippen LogP contribution in [0.1, 0.15) is 40.0 Å². The maximum absolute atomic E-state index is 12.6. The number of methoxy groups -OCH3 is 3. The first-order valence-corrected chi connectivity index (χ1v) is 10.4. The number of carbonyl (C=O) groups excluding carboxylic acids is 2. The summed E-state index contributed by atoms with van der Waals surface area (Å²) in [4.78, 5) is 33.9. The molecular weight excluding hydrogens is 424 g/mol. The van der Waals surface area contributed by atoms with Crippen molar-refractivity contribution >= 4 is 29.2 Å². The van der Waals surface area contributed by atoms with E-state index in [1.807, 2.05) is 13.0 Å². The molecule has 1 aliphatic rings. The monoisotopic (exact) mass is 450 g/mol. The van der Waals surface area contributed by atoms with Crippen molar-refractivity contribution in [1.29, 1.82) is 0 Å². The van der Waals surface area contributed by atoms with Crippen molar-refractivity contribution in [3.63, 3.8) is 0 Å². The van der Waals surface area contributed by atoms with Crippen LogP contribution in [0, 0.1) is 0 Å². The van der Waals surface area contributed by atoms with Crippen molar-refractivity contribution in [2.45, 2.75) is 31.9 Å². The Bertz CT molecular complexity index is 948. The SMILES string of the molecule is CCc1[nH]c(C(=O)N[C@H]2CCN(c3ccc(OC)c(C(=O)OC)c3)C[C@H]2OC)nc1Cl. The Labute approximate surface area is 186 Å². The van der Waals surface area contributed by atoms with Crippen molar-refractivity contribution in [2.24, 2.45) is 0 Å². The predicted molar refractivity (Wildman–Crippen MR) is 116 cm³/mol. The molecule has 2 N–H and O–H groups in total. The van der Waals surface area contributed by atoms with Gasteiger partial charge in [0.2, 0.25) is 0 Å². The topological polar surface area (TPSA) is 106 Å². The van der Waals surface area contributed by atoms with Crippen LogP contribution in [0.4, 0.5) is 5.69 Å². The zero-order chi connectivity index (χ0) is 22.5. The van der Waals surface area contributed by atoms with E-state index in [0.717, 1.165) is 11.4 Å². The molecule has 1 saturated heterocycles. The minimum absolute atomic E-state index is 0.192. The lowest BCUT2D eigenvalue weighted by atomic mass is 10.00. The number of amides is 1. The van der Waals surface area contributed by atoms with Crippen LogP contribution < -0.4 is 15.0 Å². The van der Waals surface area contributed by atoms with Gasteiger partial charge in [0.15, 0.2) is 11.0 Å². The van der Waals surface area contributed by atoms with Gasteiger partial charge in [0, 0.05) is 25.9 Å². The lowest BCUT2D eigenvalue weighted by Crippen LogP contribution is -2.55. The first-order chi connectivity index (χ1) is 14.9. The number of nitrogens with zero attached hydrogens (tertiary/aromatic N) is 2. The number of aryl methyl sites for hydroxylation is 1. The Morgan fingerprint density at radius 2 is 2.10 bits per heavy atom. The van der Waals surface area contributed by atoms with E-state index in [2.05, 4.69) is 20.2 Å². The first kappa shape index (κ1) is 22.9. The molecule has 1 aromatic carbocycles. The van der Waals surface area contributed by atoms with Gasteiger partial charge in [-0.1, -0.05) is 18.5 Å². The van der Waals surface area contributed by atoms with Gasteiger partial charge in [-0.3, -0.25) is 4.79 Å². The van der Waals surface area contributed by atoms with Gasteiger partial charge in [0.1, 0.15) is 11.3 Å². The van der Waals surface area contributed by atoms with Crippen molar-refractivity contribution in [2.75, 3.05) is 39.3 Å². The first-order valence-electron chi connectivity index (χ1n) is 10.0. The number of ether oxygens (including phenoxy) is 3. The summed E-state index contributed by atoms with van der Waals surface area (Å²) in [5, 5.41) is 3.30. The van der Waals surface area contributed by atoms with Gasteiger partial charge in [-0.15, -0.1) is 0 Å². The number of H-pyrrole nitrogens is 1. The summed E-state index contributed by atoms with van der Waals surface area (Å²) in [7, 11) is 4.45. The van der Waals surface area contributed by atoms with Crippen LogP contribution in [-0.2, 0) is 15.9 Å². The maximum atomic E-state index is 12.6. The summed E-state index contributed by atoms with van der Waals surface area (Å²) in [5.74, 6) is -0.145. The second kappa shape index (κ2) is 10.0. The Balaban J connectivity index is 1.72. The van der Waals surface area contributed by atoms with E-state index < -0.39 is 5.97 Å².